The average molecular weight is 360 g/mol. The highest BCUT2D eigenvalue weighted by molar-refractivity contribution is 5.91. The molecule has 0 unspecified atom stereocenters. The molecule has 0 spiro atoms. The molecule has 2 rings (SSSR count). The van der Waals surface area contributed by atoms with Gasteiger partial charge in [0.2, 0.25) is 5.91 Å². The Morgan fingerprint density at radius 3 is 2.31 bits per heavy atom. The predicted octanol–water partition coefficient (Wildman–Crippen LogP) is 3.49. The topological polar surface area (TPSA) is 70.2 Å². The molecule has 1 aliphatic rings. The highest BCUT2D eigenvalue weighted by Crippen LogP contribution is 2.29. The van der Waals surface area contributed by atoms with Crippen molar-refractivity contribution in [1.29, 1.82) is 0 Å². The Hall–Kier alpha value is -2.04. The molecular formula is C21H33N3O2. The van der Waals surface area contributed by atoms with Gasteiger partial charge in [-0.2, -0.15) is 0 Å². The van der Waals surface area contributed by atoms with Gasteiger partial charge in [0.05, 0.1) is 0 Å². The summed E-state index contributed by atoms with van der Waals surface area (Å²) in [5.41, 5.74) is 0.436. The Bertz CT molecular complexity index is 607. The molecule has 3 amide bonds. The zero-order valence-electron chi connectivity index (χ0n) is 16.5. The van der Waals surface area contributed by atoms with Gasteiger partial charge >= 0.3 is 6.03 Å². The van der Waals surface area contributed by atoms with Gasteiger partial charge in [-0.1, -0.05) is 63.4 Å². The van der Waals surface area contributed by atoms with Crippen molar-refractivity contribution in [3.63, 3.8) is 0 Å². The molecule has 0 radical (unpaired) electrons. The number of rotatable bonds is 6. The van der Waals surface area contributed by atoms with E-state index < -0.39 is 5.54 Å². The number of benzene rings is 1. The smallest absolute Gasteiger partial charge is 0.315 e. The first-order valence-corrected chi connectivity index (χ1v) is 9.65. The van der Waals surface area contributed by atoms with Crippen molar-refractivity contribution in [2.24, 2.45) is 0 Å². The lowest BCUT2D eigenvalue weighted by atomic mass is 9.79. The zero-order chi connectivity index (χ0) is 19.2. The Morgan fingerprint density at radius 1 is 1.12 bits per heavy atom. The molecule has 0 saturated heterocycles. The lowest BCUT2D eigenvalue weighted by Crippen LogP contribution is -2.61. The van der Waals surface area contributed by atoms with E-state index in [-0.39, 0.29) is 23.4 Å². The van der Waals surface area contributed by atoms with Gasteiger partial charge in [-0.05, 0) is 37.2 Å². The minimum absolute atomic E-state index is 0.00413. The summed E-state index contributed by atoms with van der Waals surface area (Å²) in [4.78, 5) is 24.9. The van der Waals surface area contributed by atoms with Crippen LogP contribution in [-0.4, -0.2) is 30.6 Å². The normalized spacial score (nSPS) is 17.8. The van der Waals surface area contributed by atoms with Gasteiger partial charge in [0.25, 0.3) is 0 Å². The highest BCUT2D eigenvalue weighted by atomic mass is 16.2. The molecule has 26 heavy (non-hydrogen) atoms. The molecule has 3 N–H and O–H groups in total. The van der Waals surface area contributed by atoms with Crippen LogP contribution in [0.5, 0.6) is 0 Å². The average Bonchev–Trinajstić information content (AvgIpc) is 2.61. The second kappa shape index (κ2) is 8.56. The third-order valence-corrected chi connectivity index (χ3v) is 5.47. The van der Waals surface area contributed by atoms with E-state index in [1.165, 1.54) is 5.56 Å². The maximum Gasteiger partial charge on any atom is 0.315 e. The Labute approximate surface area is 157 Å². The summed E-state index contributed by atoms with van der Waals surface area (Å²) in [6.07, 6.45) is 5.25. The van der Waals surface area contributed by atoms with Crippen LogP contribution in [0.4, 0.5) is 4.79 Å². The van der Waals surface area contributed by atoms with Crippen LogP contribution in [0.15, 0.2) is 30.3 Å². The Morgan fingerprint density at radius 2 is 1.73 bits per heavy atom. The number of carbonyl (C=O) groups excluding carboxylic acids is 2. The maximum atomic E-state index is 12.6. The molecule has 1 aromatic carbocycles. The standard InChI is InChI=1S/C21H33N3O2/c1-16(15-20(2,3)17-11-7-5-8-12-17)23-19(26)24-21(18(25)22-4)13-9-6-10-14-21/h5,7-8,11-12,16H,6,9-10,13-15H2,1-4H3,(H,22,25)(H2,23,24,26)/t16-/m1/s1. The largest absolute Gasteiger partial charge is 0.357 e. The molecule has 1 aromatic rings. The molecule has 1 saturated carbocycles. The van der Waals surface area contributed by atoms with Crippen LogP contribution in [-0.2, 0) is 10.2 Å². The number of hydrogen-bond acceptors (Lipinski definition) is 2. The minimum Gasteiger partial charge on any atom is -0.357 e. The molecule has 144 valence electrons. The van der Waals surface area contributed by atoms with E-state index in [9.17, 15) is 9.59 Å². The molecule has 1 aliphatic carbocycles. The summed E-state index contributed by atoms with van der Waals surface area (Å²) in [5, 5.41) is 8.72. The number of urea groups is 1. The molecule has 1 fully saturated rings. The zero-order valence-corrected chi connectivity index (χ0v) is 16.5. The number of amides is 3. The molecule has 0 heterocycles. The van der Waals surface area contributed by atoms with Crippen molar-refractivity contribution in [3.05, 3.63) is 35.9 Å². The molecule has 5 nitrogen and oxygen atoms in total. The van der Waals surface area contributed by atoms with Crippen LogP contribution < -0.4 is 16.0 Å². The van der Waals surface area contributed by atoms with Crippen molar-refractivity contribution in [2.75, 3.05) is 7.05 Å². The van der Waals surface area contributed by atoms with E-state index >= 15 is 0 Å². The first-order valence-electron chi connectivity index (χ1n) is 9.65. The SMILES string of the molecule is CNC(=O)C1(NC(=O)N[C@H](C)CC(C)(C)c2ccccc2)CCCCC1. The fourth-order valence-corrected chi connectivity index (χ4v) is 4.10. The molecular weight excluding hydrogens is 326 g/mol. The summed E-state index contributed by atoms with van der Waals surface area (Å²) in [6.45, 7) is 6.38. The van der Waals surface area contributed by atoms with Crippen LogP contribution in [0.25, 0.3) is 0 Å². The molecule has 5 heteroatoms. The minimum atomic E-state index is -0.772. The number of nitrogens with one attached hydrogen (secondary N) is 3. The summed E-state index contributed by atoms with van der Waals surface area (Å²) in [6, 6.07) is 10.1. The second-order valence-corrected chi connectivity index (χ2v) is 8.18. The quantitative estimate of drug-likeness (QED) is 0.728. The van der Waals surface area contributed by atoms with Gasteiger partial charge in [0.15, 0.2) is 0 Å². The Balaban J connectivity index is 1.96. The Kier molecular flexibility index (Phi) is 6.68. The van der Waals surface area contributed by atoms with Crippen LogP contribution in [0.1, 0.15) is 64.9 Å². The lowest BCUT2D eigenvalue weighted by molar-refractivity contribution is -0.128. The first kappa shape index (κ1) is 20.3. The van der Waals surface area contributed by atoms with Gasteiger partial charge in [-0.3, -0.25) is 4.79 Å². The van der Waals surface area contributed by atoms with E-state index in [0.29, 0.717) is 12.8 Å². The van der Waals surface area contributed by atoms with Gasteiger partial charge < -0.3 is 16.0 Å². The van der Waals surface area contributed by atoms with Crippen molar-refractivity contribution >= 4 is 11.9 Å². The van der Waals surface area contributed by atoms with E-state index in [0.717, 1.165) is 25.7 Å². The number of carbonyl (C=O) groups is 2. The fraction of sp³-hybridized carbons (Fsp3) is 0.619. The maximum absolute atomic E-state index is 12.6. The van der Waals surface area contributed by atoms with Crippen LogP contribution >= 0.6 is 0 Å². The fourth-order valence-electron chi connectivity index (χ4n) is 4.10. The van der Waals surface area contributed by atoms with Crippen molar-refractivity contribution in [1.82, 2.24) is 16.0 Å². The van der Waals surface area contributed by atoms with E-state index in [1.807, 2.05) is 25.1 Å². The summed E-state index contributed by atoms with van der Waals surface area (Å²) in [7, 11) is 1.63. The molecule has 0 aromatic heterocycles. The van der Waals surface area contributed by atoms with Crippen molar-refractivity contribution in [2.45, 2.75) is 76.3 Å². The lowest BCUT2D eigenvalue weighted by Gasteiger charge is -2.37. The van der Waals surface area contributed by atoms with Gasteiger partial charge in [-0.25, -0.2) is 4.79 Å². The van der Waals surface area contributed by atoms with Gasteiger partial charge in [0, 0.05) is 13.1 Å². The third-order valence-electron chi connectivity index (χ3n) is 5.47. The third kappa shape index (κ3) is 4.99. The van der Waals surface area contributed by atoms with Crippen molar-refractivity contribution in [3.8, 4) is 0 Å². The van der Waals surface area contributed by atoms with Crippen LogP contribution in [0, 0.1) is 0 Å². The highest BCUT2D eigenvalue weighted by Gasteiger charge is 2.40. The summed E-state index contributed by atoms with van der Waals surface area (Å²) >= 11 is 0. The number of likely N-dealkylation sites (N-methyl/N-ethyl adjacent to an activating group) is 1. The van der Waals surface area contributed by atoms with E-state index in [4.69, 9.17) is 0 Å². The van der Waals surface area contributed by atoms with Crippen molar-refractivity contribution < 1.29 is 9.59 Å². The van der Waals surface area contributed by atoms with Gasteiger partial charge in [-0.15, -0.1) is 0 Å². The summed E-state index contributed by atoms with van der Waals surface area (Å²) in [5.74, 6) is -0.0929. The van der Waals surface area contributed by atoms with Gasteiger partial charge in [0.1, 0.15) is 5.54 Å². The number of hydrogen-bond donors (Lipinski definition) is 3. The van der Waals surface area contributed by atoms with Crippen LogP contribution in [0.2, 0.25) is 0 Å². The molecule has 1 atom stereocenters. The monoisotopic (exact) mass is 359 g/mol. The van der Waals surface area contributed by atoms with E-state index in [1.54, 1.807) is 7.05 Å². The van der Waals surface area contributed by atoms with E-state index in [2.05, 4.69) is 41.9 Å². The molecule has 0 aliphatic heterocycles. The second-order valence-electron chi connectivity index (χ2n) is 8.18. The first-order chi connectivity index (χ1) is 12.3. The van der Waals surface area contributed by atoms with Crippen LogP contribution in [0.3, 0.4) is 0 Å². The predicted molar refractivity (Wildman–Crippen MR) is 105 cm³/mol. The summed E-state index contributed by atoms with van der Waals surface area (Å²) < 4.78 is 0. The molecule has 0 bridgehead atoms.